The Bertz CT molecular complexity index is 2770. The fourth-order valence-corrected chi connectivity index (χ4v) is 8.03. The number of alkyl halides is 3. The number of ether oxygens (including phenoxy) is 4. The molecule has 73 heavy (non-hydrogen) atoms. The van der Waals surface area contributed by atoms with E-state index in [4.69, 9.17) is 36.7 Å². The molecule has 391 valence electrons. The number of carboxylic acid groups (broad SMARTS) is 1. The van der Waals surface area contributed by atoms with Gasteiger partial charge in [-0.25, -0.2) is 23.2 Å². The van der Waals surface area contributed by atoms with Crippen LogP contribution in [0.1, 0.15) is 73.3 Å². The summed E-state index contributed by atoms with van der Waals surface area (Å²) in [7, 11) is 11.9. The molecular formula is C44H55B2F5KN8O13. The minimum atomic E-state index is -5.08. The Morgan fingerprint density at radius 3 is 1.44 bits per heavy atom. The number of nitrogens with one attached hydrogen (secondary N) is 2. The van der Waals surface area contributed by atoms with Gasteiger partial charge in [0.15, 0.2) is 28.9 Å². The number of hydrogen-bond acceptors (Lipinski definition) is 17. The number of hydrazine groups is 2. The van der Waals surface area contributed by atoms with Crippen LogP contribution in [0.15, 0.2) is 34.1 Å². The molecule has 2 aliphatic heterocycles. The van der Waals surface area contributed by atoms with Crippen LogP contribution in [0.5, 0.6) is 11.5 Å². The number of rotatable bonds is 10. The molecule has 1 amide bonds. The van der Waals surface area contributed by atoms with Crippen LogP contribution in [-0.2, 0) is 19.1 Å². The summed E-state index contributed by atoms with van der Waals surface area (Å²) in [4.78, 5) is 87.0. The maximum Gasteiger partial charge on any atom is 1.00 e. The predicted molar refractivity (Wildman–Crippen MR) is 255 cm³/mol. The minimum absolute atomic E-state index is 0. The van der Waals surface area contributed by atoms with Crippen LogP contribution in [-0.4, -0.2) is 162 Å². The van der Waals surface area contributed by atoms with Crippen molar-refractivity contribution < 1.29 is 127 Å². The van der Waals surface area contributed by atoms with Crippen molar-refractivity contribution in [1.29, 1.82) is 0 Å². The van der Waals surface area contributed by atoms with E-state index >= 15 is 8.78 Å². The molecule has 21 nitrogen and oxygen atoms in total. The number of benzene rings is 2. The molecule has 0 spiro atoms. The van der Waals surface area contributed by atoms with Crippen molar-refractivity contribution in [3.63, 3.8) is 0 Å². The second-order valence-corrected chi connectivity index (χ2v) is 15.8. The van der Waals surface area contributed by atoms with Crippen molar-refractivity contribution in [3.05, 3.63) is 67.7 Å². The summed E-state index contributed by atoms with van der Waals surface area (Å²) < 4.78 is 86.9. The van der Waals surface area contributed by atoms with Crippen LogP contribution < -0.4 is 92.4 Å². The van der Waals surface area contributed by atoms with Crippen molar-refractivity contribution in [1.82, 2.24) is 29.9 Å². The summed E-state index contributed by atoms with van der Waals surface area (Å²) in [5.41, 5.74) is 5.98. The molecule has 2 aromatic heterocycles. The van der Waals surface area contributed by atoms with Crippen molar-refractivity contribution >= 4 is 78.3 Å². The number of carbonyl (C=O) groups is 5. The molecule has 4 fully saturated rings. The van der Waals surface area contributed by atoms with Gasteiger partial charge in [-0.2, -0.15) is 13.2 Å². The number of anilines is 2. The first-order valence-corrected chi connectivity index (χ1v) is 21.3. The topological polar surface area (TPSA) is 254 Å². The summed E-state index contributed by atoms with van der Waals surface area (Å²) in [5.74, 6) is -5.83. The van der Waals surface area contributed by atoms with E-state index < -0.39 is 52.4 Å². The van der Waals surface area contributed by atoms with Gasteiger partial charge in [-0.15, -0.1) is 0 Å². The molecule has 3 radical (unpaired) electrons. The Balaban J connectivity index is 0.000000426. The van der Waals surface area contributed by atoms with Crippen LogP contribution in [0.25, 0.3) is 21.8 Å². The molecule has 2 aliphatic carbocycles. The Kier molecular flexibility index (Phi) is 24.0. The number of aliphatic carboxylic acids is 1. The van der Waals surface area contributed by atoms with Gasteiger partial charge in [-0.1, -0.05) is 14.9 Å². The van der Waals surface area contributed by atoms with E-state index in [0.29, 0.717) is 54.8 Å². The van der Waals surface area contributed by atoms with Crippen LogP contribution >= 0.6 is 0 Å². The van der Waals surface area contributed by atoms with E-state index in [1.165, 1.54) is 64.2 Å². The number of fused-ring (bicyclic) bond motifs is 2. The number of hydrogen-bond donors (Lipinski definition) is 3. The number of carboxylic acids is 1. The van der Waals surface area contributed by atoms with Crippen LogP contribution in [0.2, 0.25) is 0 Å². The van der Waals surface area contributed by atoms with Gasteiger partial charge < -0.3 is 53.3 Å². The standard InChI is InChI=1S/C21H22B2FN4O6.C19H23FN4O4.C2HF3O2.2CH4.K.H2O/c1-33-19-16-13(18(30)14(20(31)34-2)10-26(16)12-3-4-12)9-15(24)17(19)25-5-7-27(21(22)32)28(8-6-25)23-11-29;1-27-18-15-12(9-14(20)16(18)23-7-5-21-22-6-8-23)17(25)13(19(26)28-2)10-24(15)11-3-4-11;3-2(4,5)1(6)7;;;;/h9-12H,3-8H2,1-2H3;9-11,21-22H,3-8H2,1-2H3;(H,6,7);2*1H4;;1H2/q;;;;;+1;/p-1. The van der Waals surface area contributed by atoms with E-state index in [1.807, 2.05) is 9.47 Å². The summed E-state index contributed by atoms with van der Waals surface area (Å²) in [6, 6.07) is 2.50. The SMILES string of the molecule is C.C.COC(=O)c1cn(C2CC2)c2c(OC)c(N3CCNNCC3)c(F)cc2c1=O.O=C(O)C(F)(F)F.[B]C(=O)N1CCN(c2c(F)cc3c(=O)c(C(=O)OC)cn(C4CC4)c3c2OC)CCN1[B]C=O.[K+].[OH-]. The van der Waals surface area contributed by atoms with Crippen LogP contribution in [0.4, 0.5) is 38.1 Å². The summed E-state index contributed by atoms with van der Waals surface area (Å²) in [6.07, 6.45) is 1.93. The number of carbonyl (C=O) groups excluding carboxylic acids is 4. The first-order valence-electron chi connectivity index (χ1n) is 21.3. The number of halogens is 5. The van der Waals surface area contributed by atoms with Gasteiger partial charge in [-0.05, 0) is 37.8 Å². The second-order valence-electron chi connectivity index (χ2n) is 15.8. The second kappa shape index (κ2) is 27.4. The Hall–Kier alpha value is -5.13. The third kappa shape index (κ3) is 14.2. The number of aromatic nitrogens is 2. The summed E-state index contributed by atoms with van der Waals surface area (Å²) in [5, 5.41) is 8.46. The number of methoxy groups -OCH3 is 4. The van der Waals surface area contributed by atoms with Crippen LogP contribution in [0.3, 0.4) is 0 Å². The Morgan fingerprint density at radius 2 is 1.11 bits per heavy atom. The van der Waals surface area contributed by atoms with Gasteiger partial charge in [0.1, 0.15) is 22.5 Å². The van der Waals surface area contributed by atoms with Gasteiger partial charge in [0.25, 0.3) is 0 Å². The average molecular weight is 1060 g/mol. The van der Waals surface area contributed by atoms with Gasteiger partial charge in [0.2, 0.25) is 18.7 Å². The first kappa shape index (κ1) is 64.0. The molecular weight excluding hydrogens is 1000 g/mol. The third-order valence-corrected chi connectivity index (χ3v) is 11.5. The monoisotopic (exact) mass is 1060 g/mol. The normalized spacial score (nSPS) is 15.6. The van der Waals surface area contributed by atoms with Crippen molar-refractivity contribution in [2.45, 2.75) is 58.8 Å². The third-order valence-electron chi connectivity index (χ3n) is 11.5. The van der Waals surface area contributed by atoms with Gasteiger partial charge in [0.05, 0.1) is 63.0 Å². The van der Waals surface area contributed by atoms with Crippen molar-refractivity contribution in [2.75, 3.05) is 90.6 Å². The fourth-order valence-electron chi connectivity index (χ4n) is 8.03. The van der Waals surface area contributed by atoms with Crippen molar-refractivity contribution in [2.24, 2.45) is 0 Å². The zero-order chi connectivity index (χ0) is 50.5. The summed E-state index contributed by atoms with van der Waals surface area (Å²) in [6.45, 7) is 3.14. The minimum Gasteiger partial charge on any atom is -0.870 e. The largest absolute Gasteiger partial charge is 1.00 e. The number of esters is 2. The first-order chi connectivity index (χ1) is 32.8. The van der Waals surface area contributed by atoms with Crippen molar-refractivity contribution in [3.8, 4) is 11.5 Å². The maximum absolute atomic E-state index is 15.6. The molecule has 4 aliphatic rings. The average Bonchev–Trinajstić information content (AvgIpc) is 4.22. The predicted octanol–water partition coefficient (Wildman–Crippen LogP) is 0.625. The van der Waals surface area contributed by atoms with E-state index in [2.05, 4.69) is 10.9 Å². The molecule has 8 rings (SSSR count). The van der Waals surface area contributed by atoms with E-state index in [9.17, 15) is 41.9 Å². The fraction of sp³-hybridized carbons (Fsp3) is 0.477. The molecule has 4 aromatic rings. The maximum atomic E-state index is 15.6. The van der Waals surface area contributed by atoms with Gasteiger partial charge >= 0.3 is 82.9 Å². The molecule has 0 atom stereocenters. The van der Waals surface area contributed by atoms with Crippen LogP contribution in [0, 0.1) is 11.6 Å². The van der Waals surface area contributed by atoms with Gasteiger partial charge in [0, 0.05) is 70.3 Å². The molecule has 2 saturated heterocycles. The molecule has 0 unspecified atom stereocenters. The number of nitrogens with zero attached hydrogens (tertiary/aromatic N) is 6. The molecule has 29 heteroatoms. The van der Waals surface area contributed by atoms with E-state index in [0.717, 1.165) is 31.7 Å². The smallest absolute Gasteiger partial charge is 0.870 e. The van der Waals surface area contributed by atoms with E-state index in [1.54, 1.807) is 9.47 Å². The molecule has 2 saturated carbocycles. The number of amides is 1. The number of pyridine rings is 2. The zero-order valence-electron chi connectivity index (χ0n) is 39.1. The quantitative estimate of drug-likeness (QED) is 0.0852. The summed E-state index contributed by atoms with van der Waals surface area (Å²) >= 11 is 0. The zero-order valence-corrected chi connectivity index (χ0v) is 42.3. The Morgan fingerprint density at radius 1 is 0.726 bits per heavy atom. The van der Waals surface area contributed by atoms with Gasteiger partial charge in [-0.3, -0.25) is 35.2 Å². The van der Waals surface area contributed by atoms with E-state index in [-0.39, 0.29) is 143 Å². The molecule has 4 heterocycles. The molecule has 2 aromatic carbocycles. The molecule has 0 bridgehead atoms. The Labute approximate surface area is 460 Å². The molecule has 4 N–H and O–H groups in total.